The van der Waals surface area contributed by atoms with E-state index >= 15 is 0 Å². The molecule has 6 nitrogen and oxygen atoms in total. The first-order valence-corrected chi connectivity index (χ1v) is 5.42. The maximum Gasteiger partial charge on any atom is 0.0928 e. The lowest BCUT2D eigenvalue weighted by atomic mass is 10.1. The smallest absolute Gasteiger partial charge is 0.0928 e. The van der Waals surface area contributed by atoms with Crippen LogP contribution in [-0.2, 0) is 13.5 Å². The van der Waals surface area contributed by atoms with E-state index in [2.05, 4.69) is 25.2 Å². The molecule has 0 spiro atoms. The molecule has 15 heavy (non-hydrogen) atoms. The summed E-state index contributed by atoms with van der Waals surface area (Å²) in [6.45, 7) is 0. The molecule has 1 N–H and O–H groups in total. The predicted octanol–water partition coefficient (Wildman–Crippen LogP) is 0.170. The molecule has 2 heterocycles. The maximum atomic E-state index is 4.04. The van der Waals surface area contributed by atoms with E-state index in [0.29, 0.717) is 0 Å². The number of aromatic nitrogens is 5. The number of hydrogen-bond acceptors (Lipinski definition) is 6. The quantitative estimate of drug-likeness (QED) is 0.801. The van der Waals surface area contributed by atoms with Crippen LogP contribution in [0.5, 0.6) is 0 Å². The standard InChI is InChI=1S/C8H12N6S/c1-9-7(8-5-15-13-11-8)3-6-4-14(2)12-10-6/h4-5,7,9H,3H2,1-2H3. The molecule has 1 unspecified atom stereocenters. The first kappa shape index (κ1) is 10.2. The van der Waals surface area contributed by atoms with E-state index in [9.17, 15) is 0 Å². The lowest BCUT2D eigenvalue weighted by Crippen LogP contribution is -2.19. The van der Waals surface area contributed by atoms with Gasteiger partial charge in [-0.05, 0) is 18.6 Å². The zero-order valence-electron chi connectivity index (χ0n) is 8.58. The van der Waals surface area contributed by atoms with Crippen molar-refractivity contribution in [1.29, 1.82) is 0 Å². The molecule has 0 aliphatic heterocycles. The molecule has 0 saturated heterocycles. The Morgan fingerprint density at radius 3 is 2.93 bits per heavy atom. The first-order chi connectivity index (χ1) is 7.29. The summed E-state index contributed by atoms with van der Waals surface area (Å²) in [5.41, 5.74) is 1.90. The third-order valence-corrected chi connectivity index (χ3v) is 2.67. The summed E-state index contributed by atoms with van der Waals surface area (Å²) in [5.74, 6) is 0. The Labute approximate surface area is 91.5 Å². The van der Waals surface area contributed by atoms with Gasteiger partial charge in [0, 0.05) is 25.0 Å². The van der Waals surface area contributed by atoms with E-state index in [1.807, 2.05) is 25.7 Å². The third-order valence-electron chi connectivity index (χ3n) is 2.15. The van der Waals surface area contributed by atoms with Crippen molar-refractivity contribution >= 4 is 11.5 Å². The van der Waals surface area contributed by atoms with E-state index in [1.165, 1.54) is 11.5 Å². The highest BCUT2D eigenvalue weighted by molar-refractivity contribution is 7.03. The van der Waals surface area contributed by atoms with Gasteiger partial charge < -0.3 is 5.32 Å². The number of aryl methyl sites for hydroxylation is 1. The normalized spacial score (nSPS) is 12.9. The molecular formula is C8H12N6S. The predicted molar refractivity (Wildman–Crippen MR) is 56.4 cm³/mol. The highest BCUT2D eigenvalue weighted by atomic mass is 32.1. The summed E-state index contributed by atoms with van der Waals surface area (Å²) < 4.78 is 5.54. The summed E-state index contributed by atoms with van der Waals surface area (Å²) in [7, 11) is 3.76. The van der Waals surface area contributed by atoms with E-state index in [0.717, 1.165) is 17.8 Å². The number of nitrogens with one attached hydrogen (secondary N) is 1. The van der Waals surface area contributed by atoms with E-state index < -0.39 is 0 Å². The van der Waals surface area contributed by atoms with Gasteiger partial charge in [0.15, 0.2) is 0 Å². The third kappa shape index (κ3) is 2.37. The SMILES string of the molecule is CNC(Cc1cn(C)nn1)c1csnn1. The van der Waals surface area contributed by atoms with Gasteiger partial charge in [0.2, 0.25) is 0 Å². The highest BCUT2D eigenvalue weighted by Gasteiger charge is 2.14. The van der Waals surface area contributed by atoms with Crippen LogP contribution in [0.25, 0.3) is 0 Å². The number of likely N-dealkylation sites (N-methyl/N-ethyl adjacent to an activating group) is 1. The maximum absolute atomic E-state index is 4.04. The van der Waals surface area contributed by atoms with Crippen LogP contribution in [0.3, 0.4) is 0 Å². The fourth-order valence-corrected chi connectivity index (χ4v) is 1.88. The molecule has 0 bridgehead atoms. The molecule has 0 fully saturated rings. The molecule has 0 radical (unpaired) electrons. The van der Waals surface area contributed by atoms with Gasteiger partial charge in [-0.2, -0.15) is 0 Å². The largest absolute Gasteiger partial charge is 0.311 e. The fourth-order valence-electron chi connectivity index (χ4n) is 1.38. The molecule has 2 aromatic heterocycles. The van der Waals surface area contributed by atoms with E-state index in [4.69, 9.17) is 0 Å². The van der Waals surface area contributed by atoms with Crippen LogP contribution in [-0.4, -0.2) is 31.6 Å². The zero-order valence-corrected chi connectivity index (χ0v) is 9.40. The van der Waals surface area contributed by atoms with Crippen molar-refractivity contribution in [2.24, 2.45) is 7.05 Å². The lowest BCUT2D eigenvalue weighted by Gasteiger charge is -2.10. The zero-order chi connectivity index (χ0) is 10.7. The molecule has 0 saturated carbocycles. The molecular weight excluding hydrogens is 212 g/mol. The van der Waals surface area contributed by atoms with Crippen LogP contribution in [0.2, 0.25) is 0 Å². The number of nitrogens with zero attached hydrogens (tertiary/aromatic N) is 5. The van der Waals surface area contributed by atoms with Gasteiger partial charge in [-0.3, -0.25) is 4.68 Å². The molecule has 7 heteroatoms. The number of rotatable bonds is 4. The second-order valence-electron chi connectivity index (χ2n) is 3.26. The minimum absolute atomic E-state index is 0.153. The van der Waals surface area contributed by atoms with Crippen LogP contribution in [0, 0.1) is 0 Å². The fraction of sp³-hybridized carbons (Fsp3) is 0.500. The van der Waals surface area contributed by atoms with Crippen LogP contribution in [0.15, 0.2) is 11.6 Å². The molecule has 1 atom stereocenters. The van der Waals surface area contributed by atoms with Gasteiger partial charge in [0.25, 0.3) is 0 Å². The van der Waals surface area contributed by atoms with Crippen LogP contribution in [0.4, 0.5) is 0 Å². The van der Waals surface area contributed by atoms with Crippen molar-refractivity contribution in [2.45, 2.75) is 12.5 Å². The van der Waals surface area contributed by atoms with Crippen molar-refractivity contribution in [3.8, 4) is 0 Å². The second kappa shape index (κ2) is 4.45. The van der Waals surface area contributed by atoms with Crippen LogP contribution >= 0.6 is 11.5 Å². The molecule has 80 valence electrons. The van der Waals surface area contributed by atoms with Gasteiger partial charge in [-0.15, -0.1) is 10.2 Å². The molecule has 0 aromatic carbocycles. The van der Waals surface area contributed by atoms with Gasteiger partial charge >= 0.3 is 0 Å². The second-order valence-corrected chi connectivity index (χ2v) is 3.87. The Kier molecular flexibility index (Phi) is 3.02. The minimum atomic E-state index is 0.153. The van der Waals surface area contributed by atoms with Crippen molar-refractivity contribution in [1.82, 2.24) is 29.9 Å². The minimum Gasteiger partial charge on any atom is -0.311 e. The summed E-state index contributed by atoms with van der Waals surface area (Å²) >= 11 is 1.36. The van der Waals surface area contributed by atoms with Gasteiger partial charge in [0.1, 0.15) is 0 Å². The topological polar surface area (TPSA) is 68.5 Å². The lowest BCUT2D eigenvalue weighted by molar-refractivity contribution is 0.566. The summed E-state index contributed by atoms with van der Waals surface area (Å²) in [6.07, 6.45) is 2.68. The first-order valence-electron chi connectivity index (χ1n) is 4.59. The molecule has 0 aliphatic carbocycles. The molecule has 2 rings (SSSR count). The Hall–Kier alpha value is -1.34. The van der Waals surface area contributed by atoms with Crippen molar-refractivity contribution in [3.63, 3.8) is 0 Å². The Morgan fingerprint density at radius 1 is 1.53 bits per heavy atom. The average molecular weight is 224 g/mol. The number of hydrogen-bond donors (Lipinski definition) is 1. The van der Waals surface area contributed by atoms with E-state index in [-0.39, 0.29) is 6.04 Å². The average Bonchev–Trinajstić information content (AvgIpc) is 2.85. The summed E-state index contributed by atoms with van der Waals surface area (Å²) in [5, 5.41) is 17.1. The van der Waals surface area contributed by atoms with Gasteiger partial charge in [-0.25, -0.2) is 0 Å². The van der Waals surface area contributed by atoms with Crippen molar-refractivity contribution in [3.05, 3.63) is 23.0 Å². The van der Waals surface area contributed by atoms with Crippen molar-refractivity contribution < 1.29 is 0 Å². The Bertz CT molecular complexity index is 408. The summed E-state index contributed by atoms with van der Waals surface area (Å²) in [4.78, 5) is 0. The monoisotopic (exact) mass is 224 g/mol. The van der Waals surface area contributed by atoms with Gasteiger partial charge in [0.05, 0.1) is 17.4 Å². The summed E-state index contributed by atoms with van der Waals surface area (Å²) in [6, 6.07) is 0.153. The van der Waals surface area contributed by atoms with Crippen LogP contribution < -0.4 is 5.32 Å². The Morgan fingerprint density at radius 2 is 2.40 bits per heavy atom. The highest BCUT2D eigenvalue weighted by Crippen LogP contribution is 2.15. The van der Waals surface area contributed by atoms with Crippen molar-refractivity contribution in [2.75, 3.05) is 7.05 Å². The van der Waals surface area contributed by atoms with Crippen LogP contribution in [0.1, 0.15) is 17.4 Å². The Balaban J connectivity index is 2.09. The van der Waals surface area contributed by atoms with Gasteiger partial charge in [-0.1, -0.05) is 9.70 Å². The van der Waals surface area contributed by atoms with E-state index in [1.54, 1.807) is 4.68 Å². The molecule has 2 aromatic rings. The molecule has 0 aliphatic rings. The molecule has 0 amide bonds.